The van der Waals surface area contributed by atoms with Crippen molar-refractivity contribution in [3.8, 4) is 0 Å². The molecule has 1 amide bonds. The Kier molecular flexibility index (Phi) is 4.58. The van der Waals surface area contributed by atoms with Crippen molar-refractivity contribution in [3.63, 3.8) is 0 Å². The number of pyridine rings is 1. The maximum absolute atomic E-state index is 12.2. The third kappa shape index (κ3) is 3.27. The molecule has 1 heterocycles. The molecule has 0 spiro atoms. The van der Waals surface area contributed by atoms with Gasteiger partial charge in [0.05, 0.1) is 17.6 Å². The van der Waals surface area contributed by atoms with Gasteiger partial charge in [-0.3, -0.25) is 9.78 Å². The van der Waals surface area contributed by atoms with Gasteiger partial charge in [0, 0.05) is 31.7 Å². The van der Waals surface area contributed by atoms with Crippen molar-refractivity contribution in [2.45, 2.75) is 5.88 Å². The Morgan fingerprint density at radius 2 is 1.95 bits per heavy atom. The number of carbonyl (C=O) groups excluding carboxylic acids is 1. The third-order valence-electron chi connectivity index (χ3n) is 2.90. The first-order valence-electron chi connectivity index (χ1n) is 6.19. The highest BCUT2D eigenvalue weighted by atomic mass is 35.5. The zero-order valence-corrected chi connectivity index (χ0v) is 12.2. The van der Waals surface area contributed by atoms with Crippen molar-refractivity contribution in [1.82, 2.24) is 4.98 Å². The fourth-order valence-corrected chi connectivity index (χ4v) is 1.99. The van der Waals surface area contributed by atoms with E-state index in [1.165, 1.54) is 0 Å². The Hall–Kier alpha value is -2.07. The van der Waals surface area contributed by atoms with Crippen LogP contribution < -0.4 is 10.2 Å². The molecule has 0 aliphatic heterocycles. The molecule has 1 aromatic heterocycles. The number of halogens is 1. The molecule has 2 rings (SSSR count). The quantitative estimate of drug-likeness (QED) is 0.880. The van der Waals surface area contributed by atoms with Crippen LogP contribution in [-0.2, 0) is 5.88 Å². The summed E-state index contributed by atoms with van der Waals surface area (Å²) in [5.74, 6) is 0.275. The lowest BCUT2D eigenvalue weighted by Gasteiger charge is -2.17. The van der Waals surface area contributed by atoms with E-state index in [4.69, 9.17) is 11.6 Å². The molecular formula is C15H16ClN3O. The maximum Gasteiger partial charge on any atom is 0.255 e. The number of benzene rings is 1. The van der Waals surface area contributed by atoms with E-state index in [0.717, 1.165) is 11.3 Å². The predicted molar refractivity (Wildman–Crippen MR) is 82.5 cm³/mol. The summed E-state index contributed by atoms with van der Waals surface area (Å²) in [4.78, 5) is 18.2. The van der Waals surface area contributed by atoms with Gasteiger partial charge in [0.25, 0.3) is 5.91 Å². The fourth-order valence-electron chi connectivity index (χ4n) is 1.81. The first kappa shape index (κ1) is 14.3. The second-order valence-electron chi connectivity index (χ2n) is 4.57. The van der Waals surface area contributed by atoms with Gasteiger partial charge in [-0.15, -0.1) is 11.6 Å². The molecule has 0 aliphatic rings. The fraction of sp³-hybridized carbons (Fsp3) is 0.200. The lowest BCUT2D eigenvalue weighted by atomic mass is 10.1. The van der Waals surface area contributed by atoms with Crippen molar-refractivity contribution < 1.29 is 4.79 Å². The summed E-state index contributed by atoms with van der Waals surface area (Å²) in [5.41, 5.74) is 3.17. The average molecular weight is 290 g/mol. The van der Waals surface area contributed by atoms with Crippen LogP contribution in [0.2, 0.25) is 0 Å². The minimum Gasteiger partial charge on any atom is -0.376 e. The number of hydrogen-bond donors (Lipinski definition) is 1. The highest BCUT2D eigenvalue weighted by molar-refractivity contribution is 6.17. The number of alkyl halides is 1. The number of aromatic nitrogens is 1. The minimum absolute atomic E-state index is 0.165. The van der Waals surface area contributed by atoms with Crippen LogP contribution >= 0.6 is 11.6 Å². The van der Waals surface area contributed by atoms with Crippen LogP contribution in [0, 0.1) is 0 Å². The number of hydrogen-bond acceptors (Lipinski definition) is 3. The van der Waals surface area contributed by atoms with Crippen LogP contribution in [0.4, 0.5) is 11.4 Å². The number of anilines is 2. The number of rotatable bonds is 4. The van der Waals surface area contributed by atoms with Gasteiger partial charge in [-0.05, 0) is 23.8 Å². The van der Waals surface area contributed by atoms with E-state index in [-0.39, 0.29) is 5.91 Å². The molecule has 0 unspecified atom stereocenters. The molecule has 20 heavy (non-hydrogen) atoms. The van der Waals surface area contributed by atoms with Crippen molar-refractivity contribution in [2.75, 3.05) is 24.3 Å². The summed E-state index contributed by atoms with van der Waals surface area (Å²) >= 11 is 5.73. The highest BCUT2D eigenvalue weighted by Crippen LogP contribution is 2.22. The van der Waals surface area contributed by atoms with Gasteiger partial charge in [0.15, 0.2) is 0 Å². The molecule has 0 atom stereocenters. The van der Waals surface area contributed by atoms with E-state index < -0.39 is 0 Å². The van der Waals surface area contributed by atoms with Crippen LogP contribution in [0.1, 0.15) is 15.9 Å². The van der Waals surface area contributed by atoms with Crippen LogP contribution in [-0.4, -0.2) is 25.0 Å². The van der Waals surface area contributed by atoms with Crippen LogP contribution in [0.15, 0.2) is 42.7 Å². The molecule has 0 bridgehead atoms. The van der Waals surface area contributed by atoms with Crippen molar-refractivity contribution in [2.24, 2.45) is 0 Å². The lowest BCUT2D eigenvalue weighted by Crippen LogP contribution is -2.17. The molecule has 0 aliphatic carbocycles. The van der Waals surface area contributed by atoms with Crippen LogP contribution in [0.3, 0.4) is 0 Å². The number of amides is 1. The minimum atomic E-state index is -0.165. The predicted octanol–water partition coefficient (Wildman–Crippen LogP) is 3.14. The molecule has 0 radical (unpaired) electrons. The number of nitrogens with one attached hydrogen (secondary N) is 1. The van der Waals surface area contributed by atoms with E-state index in [9.17, 15) is 4.79 Å². The number of carbonyl (C=O) groups is 1. The second-order valence-corrected chi connectivity index (χ2v) is 4.84. The van der Waals surface area contributed by atoms with E-state index in [1.807, 2.05) is 37.2 Å². The van der Waals surface area contributed by atoms with E-state index in [0.29, 0.717) is 17.1 Å². The average Bonchev–Trinajstić information content (AvgIpc) is 2.47. The second kappa shape index (κ2) is 6.39. The first-order valence-corrected chi connectivity index (χ1v) is 6.73. The zero-order chi connectivity index (χ0) is 14.5. The molecule has 2 aromatic rings. The van der Waals surface area contributed by atoms with Gasteiger partial charge in [-0.1, -0.05) is 12.1 Å². The first-order chi connectivity index (χ1) is 9.61. The van der Waals surface area contributed by atoms with Gasteiger partial charge in [0.1, 0.15) is 0 Å². The third-order valence-corrected chi connectivity index (χ3v) is 3.21. The van der Waals surface area contributed by atoms with Gasteiger partial charge in [-0.2, -0.15) is 0 Å². The van der Waals surface area contributed by atoms with E-state index in [2.05, 4.69) is 10.3 Å². The summed E-state index contributed by atoms with van der Waals surface area (Å²) in [5, 5.41) is 2.87. The SMILES string of the molecule is CN(C)c1ccncc1NC(=O)c1ccc(CCl)cc1. The molecule has 0 fully saturated rings. The summed E-state index contributed by atoms with van der Waals surface area (Å²) in [7, 11) is 3.83. The van der Waals surface area contributed by atoms with Gasteiger partial charge in [0.2, 0.25) is 0 Å². The van der Waals surface area contributed by atoms with Crippen molar-refractivity contribution >= 4 is 28.9 Å². The molecule has 104 valence electrons. The van der Waals surface area contributed by atoms with Crippen LogP contribution in [0.25, 0.3) is 0 Å². The summed E-state index contributed by atoms with van der Waals surface area (Å²) in [6, 6.07) is 9.07. The molecule has 0 saturated carbocycles. The Morgan fingerprint density at radius 1 is 1.25 bits per heavy atom. The topological polar surface area (TPSA) is 45.2 Å². The molecular weight excluding hydrogens is 274 g/mol. The Bertz CT molecular complexity index is 596. The van der Waals surface area contributed by atoms with Gasteiger partial charge in [-0.25, -0.2) is 0 Å². The largest absolute Gasteiger partial charge is 0.376 e. The summed E-state index contributed by atoms with van der Waals surface area (Å²) in [6.45, 7) is 0. The monoisotopic (exact) mass is 289 g/mol. The molecule has 4 nitrogen and oxygen atoms in total. The maximum atomic E-state index is 12.2. The Labute approximate surface area is 123 Å². The molecule has 1 N–H and O–H groups in total. The molecule has 0 saturated heterocycles. The van der Waals surface area contributed by atoms with Gasteiger partial charge >= 0.3 is 0 Å². The Morgan fingerprint density at radius 3 is 2.55 bits per heavy atom. The molecule has 5 heteroatoms. The number of nitrogens with zero attached hydrogens (tertiary/aromatic N) is 2. The summed E-state index contributed by atoms with van der Waals surface area (Å²) in [6.07, 6.45) is 3.33. The van der Waals surface area contributed by atoms with E-state index in [1.54, 1.807) is 24.5 Å². The van der Waals surface area contributed by atoms with Crippen LogP contribution in [0.5, 0.6) is 0 Å². The highest BCUT2D eigenvalue weighted by Gasteiger charge is 2.10. The van der Waals surface area contributed by atoms with Gasteiger partial charge < -0.3 is 10.2 Å². The lowest BCUT2D eigenvalue weighted by molar-refractivity contribution is 0.102. The van der Waals surface area contributed by atoms with E-state index >= 15 is 0 Å². The summed E-state index contributed by atoms with van der Waals surface area (Å²) < 4.78 is 0. The normalized spacial score (nSPS) is 10.2. The zero-order valence-electron chi connectivity index (χ0n) is 11.4. The Balaban J connectivity index is 2.19. The smallest absolute Gasteiger partial charge is 0.255 e. The molecule has 1 aromatic carbocycles. The van der Waals surface area contributed by atoms with Crippen molar-refractivity contribution in [3.05, 3.63) is 53.9 Å². The van der Waals surface area contributed by atoms with Crippen molar-refractivity contribution in [1.29, 1.82) is 0 Å². The standard InChI is InChI=1S/C15H16ClN3O/c1-19(2)14-7-8-17-10-13(14)18-15(20)12-5-3-11(9-16)4-6-12/h3-8,10H,9H2,1-2H3,(H,18,20).